The third kappa shape index (κ3) is 3.83. The quantitative estimate of drug-likeness (QED) is 0.672. The lowest BCUT2D eigenvalue weighted by atomic mass is 9.73. The summed E-state index contributed by atoms with van der Waals surface area (Å²) in [6.07, 6.45) is 6.44. The Morgan fingerprint density at radius 1 is 1.21 bits per heavy atom. The molecule has 0 amide bonds. The van der Waals surface area contributed by atoms with Crippen LogP contribution in [0.2, 0.25) is 0 Å². The molecule has 0 aromatic heterocycles. The number of hydrogen-bond acceptors (Lipinski definition) is 4. The molecule has 2 aliphatic heterocycles. The highest BCUT2D eigenvalue weighted by atomic mass is 19.4. The first kappa shape index (κ1) is 19.5. The van der Waals surface area contributed by atoms with Crippen LogP contribution in [0, 0.1) is 11.8 Å². The largest absolute Gasteiger partial charge is 0.416 e. The Morgan fingerprint density at radius 2 is 2.07 bits per heavy atom. The van der Waals surface area contributed by atoms with Crippen LogP contribution in [0.4, 0.5) is 18.9 Å². The zero-order chi connectivity index (χ0) is 19.7. The Labute approximate surface area is 163 Å². The molecule has 0 spiro atoms. The molecule has 2 heterocycles. The van der Waals surface area contributed by atoms with Crippen molar-refractivity contribution < 1.29 is 17.9 Å². The van der Waals surface area contributed by atoms with Gasteiger partial charge in [0.25, 0.3) is 0 Å². The lowest BCUT2D eigenvalue weighted by Crippen LogP contribution is -2.49. The van der Waals surface area contributed by atoms with Gasteiger partial charge in [0, 0.05) is 35.7 Å². The lowest BCUT2D eigenvalue weighted by Gasteiger charge is -2.47. The molecule has 3 aliphatic rings. The lowest BCUT2D eigenvalue weighted by molar-refractivity contribution is -0.138. The van der Waals surface area contributed by atoms with Gasteiger partial charge in [0.15, 0.2) is 0 Å². The summed E-state index contributed by atoms with van der Waals surface area (Å²) < 4.78 is 46.2. The number of benzene rings is 1. The zero-order valence-corrected chi connectivity index (χ0v) is 15.8. The molecule has 4 nitrogen and oxygen atoms in total. The van der Waals surface area contributed by atoms with E-state index in [1.807, 2.05) is 6.08 Å². The molecule has 0 radical (unpaired) electrons. The van der Waals surface area contributed by atoms with Crippen molar-refractivity contribution in [2.24, 2.45) is 11.8 Å². The minimum Gasteiger partial charge on any atom is -0.381 e. The van der Waals surface area contributed by atoms with Gasteiger partial charge in [0.2, 0.25) is 0 Å². The minimum absolute atomic E-state index is 0.0309. The minimum atomic E-state index is -4.36. The average molecular weight is 393 g/mol. The molecule has 152 valence electrons. The van der Waals surface area contributed by atoms with Gasteiger partial charge in [-0.05, 0) is 44.5 Å². The van der Waals surface area contributed by atoms with Crippen molar-refractivity contribution in [3.63, 3.8) is 0 Å². The summed E-state index contributed by atoms with van der Waals surface area (Å²) in [5.41, 5.74) is 6.70. The number of hydrazine groups is 1. The van der Waals surface area contributed by atoms with Crippen molar-refractivity contribution in [1.29, 1.82) is 0 Å². The van der Waals surface area contributed by atoms with Gasteiger partial charge in [-0.2, -0.15) is 13.2 Å². The van der Waals surface area contributed by atoms with Crippen LogP contribution in [-0.2, 0) is 10.9 Å². The fourth-order valence-corrected chi connectivity index (χ4v) is 4.63. The molecule has 5 atom stereocenters. The van der Waals surface area contributed by atoms with Crippen molar-refractivity contribution in [3.05, 3.63) is 53.6 Å². The van der Waals surface area contributed by atoms with E-state index in [4.69, 9.17) is 4.74 Å². The van der Waals surface area contributed by atoms with Crippen LogP contribution in [0.3, 0.4) is 0 Å². The second kappa shape index (κ2) is 7.89. The van der Waals surface area contributed by atoms with Gasteiger partial charge in [0.05, 0.1) is 17.8 Å². The standard InChI is InChI=1S/C21H26F3N3O/c1-25-26-12-15-8-9-16-19(13-5-3-2-4-6-13)27-18-10-7-14(21(22,23)24)11-17(18)20(16)28-15/h2-5,7,10-11,13,15-16,19-20,25-27H,6,8-9,12H2,1H3/t13?,15-,16+,19+,20+/m1/s1. The summed E-state index contributed by atoms with van der Waals surface area (Å²) in [5.74, 6) is 0.450. The number of halogens is 3. The SMILES string of the molecule is CNNC[C@H]1CC[C@@H]2[C@H](O1)c1cc(C(F)(F)F)ccc1N[C@H]2C1C=CC=CC1. The smallest absolute Gasteiger partial charge is 0.381 e. The van der Waals surface area contributed by atoms with Gasteiger partial charge in [0.1, 0.15) is 0 Å². The first-order valence-electron chi connectivity index (χ1n) is 9.83. The first-order valence-corrected chi connectivity index (χ1v) is 9.83. The van der Waals surface area contributed by atoms with E-state index in [1.165, 1.54) is 6.07 Å². The molecule has 1 saturated heterocycles. The fraction of sp³-hybridized carbons (Fsp3) is 0.524. The highest BCUT2D eigenvalue weighted by molar-refractivity contribution is 5.58. The van der Waals surface area contributed by atoms with Crippen LogP contribution in [0.15, 0.2) is 42.5 Å². The predicted molar refractivity (Wildman–Crippen MR) is 103 cm³/mol. The topological polar surface area (TPSA) is 45.3 Å². The number of rotatable bonds is 4. The highest BCUT2D eigenvalue weighted by Crippen LogP contribution is 2.49. The summed E-state index contributed by atoms with van der Waals surface area (Å²) in [6, 6.07) is 4.13. The predicted octanol–water partition coefficient (Wildman–Crippen LogP) is 4.19. The van der Waals surface area contributed by atoms with Gasteiger partial charge in [-0.3, -0.25) is 10.9 Å². The van der Waals surface area contributed by atoms with E-state index < -0.39 is 11.7 Å². The molecule has 3 N–H and O–H groups in total. The van der Waals surface area contributed by atoms with Gasteiger partial charge < -0.3 is 10.1 Å². The summed E-state index contributed by atoms with van der Waals surface area (Å²) >= 11 is 0. The number of hydrogen-bond donors (Lipinski definition) is 3. The van der Waals surface area contributed by atoms with Crippen molar-refractivity contribution in [2.45, 2.75) is 43.7 Å². The molecule has 0 bridgehead atoms. The Bertz CT molecular complexity index is 762. The number of nitrogens with one attached hydrogen (secondary N) is 3. The average Bonchev–Trinajstić information content (AvgIpc) is 2.71. The van der Waals surface area contributed by atoms with E-state index in [-0.39, 0.29) is 24.2 Å². The van der Waals surface area contributed by atoms with Crippen LogP contribution in [-0.4, -0.2) is 25.7 Å². The Hall–Kier alpha value is -1.83. The van der Waals surface area contributed by atoms with E-state index in [2.05, 4.69) is 34.4 Å². The Balaban J connectivity index is 1.67. The van der Waals surface area contributed by atoms with E-state index in [9.17, 15) is 13.2 Å². The van der Waals surface area contributed by atoms with Gasteiger partial charge in [-0.15, -0.1) is 0 Å². The van der Waals surface area contributed by atoms with Crippen molar-refractivity contribution >= 4 is 5.69 Å². The van der Waals surface area contributed by atoms with Crippen LogP contribution in [0.5, 0.6) is 0 Å². The highest BCUT2D eigenvalue weighted by Gasteiger charge is 2.44. The second-order valence-electron chi connectivity index (χ2n) is 7.73. The maximum Gasteiger partial charge on any atom is 0.416 e. The zero-order valence-electron chi connectivity index (χ0n) is 15.8. The number of fused-ring (bicyclic) bond motifs is 3. The summed E-state index contributed by atoms with van der Waals surface area (Å²) in [6.45, 7) is 0.623. The van der Waals surface area contributed by atoms with E-state index >= 15 is 0 Å². The van der Waals surface area contributed by atoms with Crippen LogP contribution in [0.25, 0.3) is 0 Å². The molecule has 1 aromatic rings. The van der Waals surface area contributed by atoms with E-state index in [0.29, 0.717) is 18.0 Å². The number of ether oxygens (including phenoxy) is 1. The molecular weight excluding hydrogens is 367 g/mol. The molecule has 7 heteroatoms. The monoisotopic (exact) mass is 393 g/mol. The summed E-state index contributed by atoms with van der Waals surface area (Å²) in [7, 11) is 1.79. The molecular formula is C21H26F3N3O. The summed E-state index contributed by atoms with van der Waals surface area (Å²) in [5, 5.41) is 3.54. The van der Waals surface area contributed by atoms with E-state index in [0.717, 1.165) is 31.0 Å². The fourth-order valence-electron chi connectivity index (χ4n) is 4.63. The van der Waals surface area contributed by atoms with E-state index in [1.54, 1.807) is 13.1 Å². The molecule has 1 aromatic carbocycles. The first-order chi connectivity index (χ1) is 13.5. The number of alkyl halides is 3. The van der Waals surface area contributed by atoms with Gasteiger partial charge >= 0.3 is 6.18 Å². The Kier molecular flexibility index (Phi) is 5.49. The van der Waals surface area contributed by atoms with Gasteiger partial charge in [-0.25, -0.2) is 0 Å². The molecule has 0 saturated carbocycles. The summed E-state index contributed by atoms with van der Waals surface area (Å²) in [4.78, 5) is 0. The Morgan fingerprint density at radius 3 is 2.79 bits per heavy atom. The normalized spacial score (nSPS) is 31.8. The molecule has 1 fully saturated rings. The molecule has 28 heavy (non-hydrogen) atoms. The molecule has 4 rings (SSSR count). The molecule has 1 unspecified atom stereocenters. The maximum absolute atomic E-state index is 13.3. The van der Waals surface area contributed by atoms with Crippen LogP contribution < -0.4 is 16.2 Å². The number of anilines is 1. The van der Waals surface area contributed by atoms with Crippen LogP contribution in [0.1, 0.15) is 36.5 Å². The van der Waals surface area contributed by atoms with Crippen LogP contribution >= 0.6 is 0 Å². The van der Waals surface area contributed by atoms with Crippen molar-refractivity contribution in [2.75, 3.05) is 18.9 Å². The second-order valence-corrected chi connectivity index (χ2v) is 7.73. The third-order valence-corrected chi connectivity index (χ3v) is 6.00. The third-order valence-electron chi connectivity index (χ3n) is 6.00. The van der Waals surface area contributed by atoms with Crippen molar-refractivity contribution in [1.82, 2.24) is 10.9 Å². The maximum atomic E-state index is 13.3. The molecule has 1 aliphatic carbocycles. The van der Waals surface area contributed by atoms with Gasteiger partial charge in [-0.1, -0.05) is 24.3 Å². The number of allylic oxidation sites excluding steroid dienone is 3. The van der Waals surface area contributed by atoms with Crippen molar-refractivity contribution in [3.8, 4) is 0 Å².